The number of rotatable bonds is 5. The van der Waals surface area contributed by atoms with Crippen LogP contribution in [0.25, 0.3) is 0 Å². The van der Waals surface area contributed by atoms with E-state index in [1.54, 1.807) is 18.3 Å². The summed E-state index contributed by atoms with van der Waals surface area (Å²) in [4.78, 5) is 16.1. The number of aromatic nitrogens is 1. The molecule has 0 saturated carbocycles. The van der Waals surface area contributed by atoms with E-state index in [0.717, 1.165) is 10.0 Å². The highest BCUT2D eigenvalue weighted by Gasteiger charge is 2.14. The van der Waals surface area contributed by atoms with Crippen molar-refractivity contribution in [2.75, 3.05) is 6.61 Å². The van der Waals surface area contributed by atoms with E-state index in [1.165, 1.54) is 0 Å². The van der Waals surface area contributed by atoms with Crippen molar-refractivity contribution in [1.29, 1.82) is 0 Å². The highest BCUT2D eigenvalue weighted by atomic mass is 79.9. The number of pyridine rings is 1. The van der Waals surface area contributed by atoms with Crippen LogP contribution < -0.4 is 4.74 Å². The minimum absolute atomic E-state index is 0.215. The molecule has 0 fully saturated rings. The molecule has 0 amide bonds. The molecule has 20 heavy (non-hydrogen) atoms. The molecule has 1 aromatic carbocycles. The third kappa shape index (κ3) is 3.81. The van der Waals surface area contributed by atoms with Crippen molar-refractivity contribution in [2.24, 2.45) is 0 Å². The van der Waals surface area contributed by atoms with E-state index in [4.69, 9.17) is 9.47 Å². The zero-order chi connectivity index (χ0) is 14.4. The molecule has 0 aliphatic heterocycles. The Bertz CT molecular complexity index is 584. The number of carbonyl (C=O) groups is 1. The summed E-state index contributed by atoms with van der Waals surface area (Å²) in [5, 5.41) is 0. The summed E-state index contributed by atoms with van der Waals surface area (Å²) in [7, 11) is 0. The second kappa shape index (κ2) is 7.05. The lowest BCUT2D eigenvalue weighted by Gasteiger charge is -2.08. The van der Waals surface area contributed by atoms with Crippen LogP contribution >= 0.6 is 15.9 Å². The molecule has 1 heterocycles. The number of ether oxygens (including phenoxy) is 2. The van der Waals surface area contributed by atoms with Gasteiger partial charge in [0.2, 0.25) is 5.88 Å². The molecule has 0 unspecified atom stereocenters. The van der Waals surface area contributed by atoms with Gasteiger partial charge in [0, 0.05) is 10.7 Å². The molecule has 0 atom stereocenters. The molecule has 104 valence electrons. The van der Waals surface area contributed by atoms with E-state index in [-0.39, 0.29) is 6.61 Å². The lowest BCUT2D eigenvalue weighted by Crippen LogP contribution is -2.09. The van der Waals surface area contributed by atoms with Gasteiger partial charge in [-0.2, -0.15) is 0 Å². The Balaban J connectivity index is 2.03. The third-order valence-electron chi connectivity index (χ3n) is 2.56. The van der Waals surface area contributed by atoms with Gasteiger partial charge in [0.25, 0.3) is 0 Å². The fraction of sp³-hybridized carbons (Fsp3) is 0.200. The van der Waals surface area contributed by atoms with Crippen LogP contribution in [0.1, 0.15) is 22.8 Å². The molecule has 0 radical (unpaired) electrons. The molecular formula is C15H14BrNO3. The summed E-state index contributed by atoms with van der Waals surface area (Å²) in [5.41, 5.74) is 1.26. The first-order valence-electron chi connectivity index (χ1n) is 6.20. The van der Waals surface area contributed by atoms with Crippen LogP contribution in [0.4, 0.5) is 0 Å². The van der Waals surface area contributed by atoms with Gasteiger partial charge in [0.15, 0.2) is 0 Å². The molecule has 1 aromatic heterocycles. The van der Waals surface area contributed by atoms with Crippen LogP contribution in [-0.2, 0) is 11.3 Å². The first-order valence-corrected chi connectivity index (χ1v) is 6.99. The Morgan fingerprint density at radius 1 is 1.25 bits per heavy atom. The highest BCUT2D eigenvalue weighted by molar-refractivity contribution is 9.10. The smallest absolute Gasteiger partial charge is 0.343 e. The van der Waals surface area contributed by atoms with Gasteiger partial charge in [-0.25, -0.2) is 9.78 Å². The SMILES string of the molecule is CCOc1ncccc1C(=O)OCc1ccc(Br)cc1. The second-order valence-corrected chi connectivity index (χ2v) is 4.91. The molecule has 0 aliphatic rings. The first-order chi connectivity index (χ1) is 9.70. The van der Waals surface area contributed by atoms with Crippen molar-refractivity contribution in [3.63, 3.8) is 0 Å². The monoisotopic (exact) mass is 335 g/mol. The zero-order valence-corrected chi connectivity index (χ0v) is 12.6. The van der Waals surface area contributed by atoms with Crippen LogP contribution in [0.3, 0.4) is 0 Å². The van der Waals surface area contributed by atoms with Crippen molar-refractivity contribution in [2.45, 2.75) is 13.5 Å². The van der Waals surface area contributed by atoms with E-state index in [0.29, 0.717) is 18.1 Å². The Morgan fingerprint density at radius 2 is 2.00 bits per heavy atom. The molecule has 0 aliphatic carbocycles. The first kappa shape index (κ1) is 14.5. The lowest BCUT2D eigenvalue weighted by molar-refractivity contribution is 0.0467. The number of esters is 1. The molecular weight excluding hydrogens is 322 g/mol. The Kier molecular flexibility index (Phi) is 5.12. The molecule has 0 saturated heterocycles. The predicted octanol–water partition coefficient (Wildman–Crippen LogP) is 3.60. The highest BCUT2D eigenvalue weighted by Crippen LogP contribution is 2.17. The summed E-state index contributed by atoms with van der Waals surface area (Å²) in [6, 6.07) is 10.9. The molecule has 2 aromatic rings. The third-order valence-corrected chi connectivity index (χ3v) is 3.08. The number of nitrogens with zero attached hydrogens (tertiary/aromatic N) is 1. The maximum absolute atomic E-state index is 12.0. The Hall–Kier alpha value is -1.88. The van der Waals surface area contributed by atoms with Crippen LogP contribution in [0.15, 0.2) is 47.1 Å². The van der Waals surface area contributed by atoms with Crippen LogP contribution in [-0.4, -0.2) is 17.6 Å². The maximum atomic E-state index is 12.0. The van der Waals surface area contributed by atoms with Crippen molar-refractivity contribution in [3.05, 3.63) is 58.2 Å². The van der Waals surface area contributed by atoms with E-state index >= 15 is 0 Å². The van der Waals surface area contributed by atoms with Crippen molar-refractivity contribution >= 4 is 21.9 Å². The average molecular weight is 336 g/mol. The van der Waals surface area contributed by atoms with E-state index < -0.39 is 5.97 Å². The predicted molar refractivity (Wildman–Crippen MR) is 78.7 cm³/mol. The molecule has 2 rings (SSSR count). The van der Waals surface area contributed by atoms with E-state index in [1.807, 2.05) is 31.2 Å². The van der Waals surface area contributed by atoms with Gasteiger partial charge in [-0.3, -0.25) is 0 Å². The van der Waals surface area contributed by atoms with Crippen LogP contribution in [0.2, 0.25) is 0 Å². The van der Waals surface area contributed by atoms with Gasteiger partial charge >= 0.3 is 5.97 Å². The number of halogens is 1. The number of hydrogen-bond acceptors (Lipinski definition) is 4. The minimum atomic E-state index is -0.440. The number of hydrogen-bond donors (Lipinski definition) is 0. The van der Waals surface area contributed by atoms with Gasteiger partial charge in [-0.1, -0.05) is 28.1 Å². The number of benzene rings is 1. The summed E-state index contributed by atoms with van der Waals surface area (Å²) in [5.74, 6) is -0.139. The topological polar surface area (TPSA) is 48.4 Å². The Labute approximate surface area is 125 Å². The fourth-order valence-corrected chi connectivity index (χ4v) is 1.87. The molecule has 4 nitrogen and oxygen atoms in total. The van der Waals surface area contributed by atoms with E-state index in [2.05, 4.69) is 20.9 Å². The summed E-state index contributed by atoms with van der Waals surface area (Å²) < 4.78 is 11.6. The Morgan fingerprint density at radius 3 is 2.70 bits per heavy atom. The summed E-state index contributed by atoms with van der Waals surface area (Å²) in [6.07, 6.45) is 1.58. The second-order valence-electron chi connectivity index (χ2n) is 3.99. The van der Waals surface area contributed by atoms with Crippen molar-refractivity contribution in [1.82, 2.24) is 4.98 Å². The van der Waals surface area contributed by atoms with Gasteiger partial charge < -0.3 is 9.47 Å². The van der Waals surface area contributed by atoms with Gasteiger partial charge in [-0.05, 0) is 36.8 Å². The molecule has 0 bridgehead atoms. The quantitative estimate of drug-likeness (QED) is 0.783. The summed E-state index contributed by atoms with van der Waals surface area (Å²) in [6.45, 7) is 2.50. The molecule has 0 N–H and O–H groups in total. The summed E-state index contributed by atoms with van der Waals surface area (Å²) >= 11 is 3.36. The van der Waals surface area contributed by atoms with Crippen LogP contribution in [0.5, 0.6) is 5.88 Å². The van der Waals surface area contributed by atoms with Crippen LogP contribution in [0, 0.1) is 0 Å². The van der Waals surface area contributed by atoms with Gasteiger partial charge in [-0.15, -0.1) is 0 Å². The number of carbonyl (C=O) groups excluding carboxylic acids is 1. The minimum Gasteiger partial charge on any atom is -0.477 e. The molecule has 5 heteroatoms. The fourth-order valence-electron chi connectivity index (χ4n) is 1.61. The molecule has 0 spiro atoms. The van der Waals surface area contributed by atoms with E-state index in [9.17, 15) is 4.79 Å². The van der Waals surface area contributed by atoms with Crippen molar-refractivity contribution < 1.29 is 14.3 Å². The largest absolute Gasteiger partial charge is 0.477 e. The lowest BCUT2D eigenvalue weighted by atomic mass is 10.2. The van der Waals surface area contributed by atoms with Gasteiger partial charge in [0.05, 0.1) is 6.61 Å². The zero-order valence-electron chi connectivity index (χ0n) is 11.0. The van der Waals surface area contributed by atoms with Crippen molar-refractivity contribution in [3.8, 4) is 5.88 Å². The maximum Gasteiger partial charge on any atom is 0.343 e. The van der Waals surface area contributed by atoms with Gasteiger partial charge in [0.1, 0.15) is 12.2 Å². The standard InChI is InChI=1S/C15H14BrNO3/c1-2-19-14-13(4-3-9-17-14)15(18)20-10-11-5-7-12(16)8-6-11/h3-9H,2,10H2,1H3. The average Bonchev–Trinajstić information content (AvgIpc) is 2.47. The normalized spacial score (nSPS) is 10.1.